The number of ketones is 2. The standard InChI is InChI=1S/C25H30F2N2O2/c1-3-23(30)22-15-19(14-21(29-22)17(2)18-8-5-4-6-9-18)24(31)11-7-10-20-12-13-28-16-25(20,26)27/h4-6,8-9,14-15,17,20,28H,3,7,10-13,16H2,1-2H3/t17-,20+/m0/s1. The minimum Gasteiger partial charge on any atom is -0.311 e. The molecule has 0 aliphatic carbocycles. The van der Waals surface area contributed by atoms with Crippen molar-refractivity contribution < 1.29 is 18.4 Å². The van der Waals surface area contributed by atoms with E-state index in [0.717, 1.165) is 5.56 Å². The molecule has 1 saturated heterocycles. The normalized spacial score (nSPS) is 19.0. The van der Waals surface area contributed by atoms with Crippen molar-refractivity contribution in [2.24, 2.45) is 5.92 Å². The van der Waals surface area contributed by atoms with Crippen LogP contribution in [0.25, 0.3) is 0 Å². The highest BCUT2D eigenvalue weighted by molar-refractivity contribution is 6.00. The van der Waals surface area contributed by atoms with E-state index in [1.807, 2.05) is 37.3 Å². The molecule has 6 heteroatoms. The van der Waals surface area contributed by atoms with Gasteiger partial charge in [-0.25, -0.2) is 13.8 Å². The van der Waals surface area contributed by atoms with Crippen LogP contribution in [-0.2, 0) is 0 Å². The highest BCUT2D eigenvalue weighted by Gasteiger charge is 2.40. The molecule has 1 aliphatic rings. The number of nitrogens with one attached hydrogen (secondary N) is 1. The van der Waals surface area contributed by atoms with Gasteiger partial charge in [0.05, 0.1) is 6.54 Å². The van der Waals surface area contributed by atoms with E-state index in [-0.39, 0.29) is 36.1 Å². The highest BCUT2D eigenvalue weighted by Crippen LogP contribution is 2.33. The lowest BCUT2D eigenvalue weighted by Gasteiger charge is -2.31. The summed E-state index contributed by atoms with van der Waals surface area (Å²) in [5.41, 5.74) is 2.43. The van der Waals surface area contributed by atoms with Crippen LogP contribution in [0, 0.1) is 5.92 Å². The van der Waals surface area contributed by atoms with E-state index in [4.69, 9.17) is 0 Å². The molecule has 0 spiro atoms. The number of hydrogen-bond acceptors (Lipinski definition) is 4. The molecule has 2 heterocycles. The Morgan fingerprint density at radius 1 is 1.19 bits per heavy atom. The number of rotatable bonds is 9. The number of Topliss-reactive ketones (excluding diaryl/α,β-unsaturated/α-hetero) is 2. The van der Waals surface area contributed by atoms with E-state index in [9.17, 15) is 18.4 Å². The van der Waals surface area contributed by atoms with Gasteiger partial charge in [0.2, 0.25) is 0 Å². The zero-order valence-electron chi connectivity index (χ0n) is 18.2. The lowest BCUT2D eigenvalue weighted by molar-refractivity contribution is -0.0764. The topological polar surface area (TPSA) is 59.1 Å². The van der Waals surface area contributed by atoms with Crippen molar-refractivity contribution in [1.29, 1.82) is 0 Å². The van der Waals surface area contributed by atoms with Gasteiger partial charge in [-0.1, -0.05) is 44.2 Å². The number of carbonyl (C=O) groups is 2. The summed E-state index contributed by atoms with van der Waals surface area (Å²) in [7, 11) is 0. The van der Waals surface area contributed by atoms with E-state index in [0.29, 0.717) is 43.5 Å². The number of alkyl halides is 2. The van der Waals surface area contributed by atoms with Gasteiger partial charge in [0, 0.05) is 35.9 Å². The number of aromatic nitrogens is 1. The van der Waals surface area contributed by atoms with Gasteiger partial charge < -0.3 is 5.32 Å². The van der Waals surface area contributed by atoms with Gasteiger partial charge in [0.1, 0.15) is 5.69 Å². The largest absolute Gasteiger partial charge is 0.311 e. The van der Waals surface area contributed by atoms with Gasteiger partial charge in [-0.15, -0.1) is 0 Å². The average molecular weight is 429 g/mol. The fraction of sp³-hybridized carbons (Fsp3) is 0.480. The van der Waals surface area contributed by atoms with Crippen LogP contribution in [0.2, 0.25) is 0 Å². The molecule has 4 nitrogen and oxygen atoms in total. The maximum atomic E-state index is 14.0. The van der Waals surface area contributed by atoms with Gasteiger partial charge in [-0.05, 0) is 43.5 Å². The zero-order valence-corrected chi connectivity index (χ0v) is 18.2. The molecule has 1 aromatic heterocycles. The second kappa shape index (κ2) is 10.2. The van der Waals surface area contributed by atoms with Crippen LogP contribution < -0.4 is 5.32 Å². The number of halogens is 2. The SMILES string of the molecule is CCC(=O)c1cc(C(=O)CCC[C@@H]2CCNCC2(F)F)cc([C@@H](C)c2ccccc2)n1. The number of benzene rings is 1. The van der Waals surface area contributed by atoms with E-state index in [1.165, 1.54) is 0 Å². The number of carbonyl (C=O) groups excluding carboxylic acids is 2. The van der Waals surface area contributed by atoms with Gasteiger partial charge in [-0.3, -0.25) is 9.59 Å². The van der Waals surface area contributed by atoms with Gasteiger partial charge in [-0.2, -0.15) is 0 Å². The Morgan fingerprint density at radius 3 is 2.61 bits per heavy atom. The molecular weight excluding hydrogens is 398 g/mol. The Labute approximate surface area is 182 Å². The second-order valence-corrected chi connectivity index (χ2v) is 8.31. The van der Waals surface area contributed by atoms with E-state index in [2.05, 4.69) is 10.3 Å². The third kappa shape index (κ3) is 5.82. The van der Waals surface area contributed by atoms with Crippen molar-refractivity contribution >= 4 is 11.6 Å². The lowest BCUT2D eigenvalue weighted by Crippen LogP contribution is -2.45. The summed E-state index contributed by atoms with van der Waals surface area (Å²) in [5, 5.41) is 2.73. The Kier molecular flexibility index (Phi) is 7.65. The number of pyridine rings is 1. The van der Waals surface area contributed by atoms with E-state index >= 15 is 0 Å². The first-order valence-electron chi connectivity index (χ1n) is 11.0. The zero-order chi connectivity index (χ0) is 22.4. The molecule has 31 heavy (non-hydrogen) atoms. The molecular formula is C25H30F2N2O2. The Hall–Kier alpha value is -2.47. The van der Waals surface area contributed by atoms with Crippen molar-refractivity contribution in [1.82, 2.24) is 10.3 Å². The van der Waals surface area contributed by atoms with Crippen molar-refractivity contribution in [3.8, 4) is 0 Å². The van der Waals surface area contributed by atoms with Gasteiger partial charge in [0.25, 0.3) is 5.92 Å². The molecule has 0 radical (unpaired) electrons. The van der Waals surface area contributed by atoms with Crippen molar-refractivity contribution in [2.45, 2.75) is 57.8 Å². The predicted molar refractivity (Wildman–Crippen MR) is 117 cm³/mol. The monoisotopic (exact) mass is 428 g/mol. The molecule has 1 aliphatic heterocycles. The van der Waals surface area contributed by atoms with Gasteiger partial charge >= 0.3 is 0 Å². The molecule has 1 fully saturated rings. The lowest BCUT2D eigenvalue weighted by atomic mass is 9.88. The fourth-order valence-electron chi connectivity index (χ4n) is 4.07. The molecule has 3 rings (SSSR count). The summed E-state index contributed by atoms with van der Waals surface area (Å²) >= 11 is 0. The number of hydrogen-bond donors (Lipinski definition) is 1. The van der Waals surface area contributed by atoms with Crippen molar-refractivity contribution in [3.63, 3.8) is 0 Å². The smallest absolute Gasteiger partial charge is 0.263 e. The van der Waals surface area contributed by atoms with Crippen LogP contribution in [0.3, 0.4) is 0 Å². The highest BCUT2D eigenvalue weighted by atomic mass is 19.3. The van der Waals surface area contributed by atoms with Crippen LogP contribution in [-0.4, -0.2) is 35.6 Å². The summed E-state index contributed by atoms with van der Waals surface area (Å²) in [6.07, 6.45) is 1.63. The molecule has 1 aromatic carbocycles. The fourth-order valence-corrected chi connectivity index (χ4v) is 4.07. The third-order valence-electron chi connectivity index (χ3n) is 6.10. The van der Waals surface area contributed by atoms with E-state index < -0.39 is 11.8 Å². The molecule has 166 valence electrons. The molecule has 2 atom stereocenters. The summed E-state index contributed by atoms with van der Waals surface area (Å²) in [6, 6.07) is 13.1. The molecule has 0 bridgehead atoms. The third-order valence-corrected chi connectivity index (χ3v) is 6.10. The van der Waals surface area contributed by atoms with Crippen LogP contribution in [0.1, 0.15) is 84.0 Å². The Balaban J connectivity index is 1.76. The molecule has 0 saturated carbocycles. The Morgan fingerprint density at radius 2 is 1.94 bits per heavy atom. The molecule has 1 N–H and O–H groups in total. The van der Waals surface area contributed by atoms with Crippen LogP contribution in [0.15, 0.2) is 42.5 Å². The van der Waals surface area contributed by atoms with Gasteiger partial charge in [0.15, 0.2) is 11.6 Å². The molecule has 0 amide bonds. The van der Waals surface area contributed by atoms with Crippen molar-refractivity contribution in [3.05, 3.63) is 65.0 Å². The van der Waals surface area contributed by atoms with E-state index in [1.54, 1.807) is 19.1 Å². The number of piperidine rings is 1. The average Bonchev–Trinajstić information content (AvgIpc) is 2.79. The van der Waals surface area contributed by atoms with Crippen LogP contribution in [0.5, 0.6) is 0 Å². The quantitative estimate of drug-likeness (QED) is 0.542. The second-order valence-electron chi connectivity index (χ2n) is 8.31. The summed E-state index contributed by atoms with van der Waals surface area (Å²) in [5.74, 6) is -3.75. The summed E-state index contributed by atoms with van der Waals surface area (Å²) < 4.78 is 28.0. The molecule has 2 aromatic rings. The maximum absolute atomic E-state index is 14.0. The van der Waals surface area contributed by atoms with Crippen LogP contribution >= 0.6 is 0 Å². The van der Waals surface area contributed by atoms with Crippen molar-refractivity contribution in [2.75, 3.05) is 13.1 Å². The predicted octanol–water partition coefficient (Wildman–Crippen LogP) is 5.42. The minimum absolute atomic E-state index is 0.0780. The first kappa shape index (κ1) is 23.2. The summed E-state index contributed by atoms with van der Waals surface area (Å²) in [4.78, 5) is 29.7. The number of nitrogens with zero attached hydrogens (tertiary/aromatic N) is 1. The minimum atomic E-state index is -2.73. The van der Waals surface area contributed by atoms with Crippen LogP contribution in [0.4, 0.5) is 8.78 Å². The first-order chi connectivity index (χ1) is 14.8. The molecule has 0 unspecified atom stereocenters. The summed E-state index contributed by atoms with van der Waals surface area (Å²) in [6.45, 7) is 4.05. The Bertz CT molecular complexity index is 915. The maximum Gasteiger partial charge on any atom is 0.263 e. The first-order valence-corrected chi connectivity index (χ1v) is 11.0.